The van der Waals surface area contributed by atoms with Gasteiger partial charge >= 0.3 is 6.09 Å². The first-order chi connectivity index (χ1) is 11.1. The van der Waals surface area contributed by atoms with E-state index in [2.05, 4.69) is 30.9 Å². The van der Waals surface area contributed by atoms with Gasteiger partial charge in [0, 0.05) is 32.7 Å². The summed E-state index contributed by atoms with van der Waals surface area (Å²) in [5.74, 6) is 0.953. The third kappa shape index (κ3) is 4.38. The SMILES string of the molecule is CCOC(=O)N1CCN(CCc2ccc(OC)c(C)c2C)CC1. The van der Waals surface area contributed by atoms with Crippen LogP contribution in [0, 0.1) is 13.8 Å². The number of hydrogen-bond donors (Lipinski definition) is 0. The van der Waals surface area contributed by atoms with Gasteiger partial charge in [-0.2, -0.15) is 0 Å². The monoisotopic (exact) mass is 320 g/mol. The fourth-order valence-electron chi connectivity index (χ4n) is 2.99. The number of carbonyl (C=O) groups is 1. The van der Waals surface area contributed by atoms with Crippen LogP contribution in [0.5, 0.6) is 5.75 Å². The fraction of sp³-hybridized carbons (Fsp3) is 0.611. The van der Waals surface area contributed by atoms with E-state index in [0.717, 1.165) is 44.9 Å². The molecule has 0 radical (unpaired) electrons. The summed E-state index contributed by atoms with van der Waals surface area (Å²) in [5, 5.41) is 0. The van der Waals surface area contributed by atoms with Gasteiger partial charge in [0.05, 0.1) is 13.7 Å². The lowest BCUT2D eigenvalue weighted by molar-refractivity contribution is 0.0799. The number of piperazine rings is 1. The zero-order valence-electron chi connectivity index (χ0n) is 14.7. The van der Waals surface area contributed by atoms with Gasteiger partial charge in [-0.1, -0.05) is 6.07 Å². The number of amides is 1. The normalized spacial score (nSPS) is 15.6. The van der Waals surface area contributed by atoms with E-state index in [-0.39, 0.29) is 6.09 Å². The minimum atomic E-state index is -0.186. The summed E-state index contributed by atoms with van der Waals surface area (Å²) in [6.07, 6.45) is 0.838. The van der Waals surface area contributed by atoms with Crippen molar-refractivity contribution < 1.29 is 14.3 Å². The number of carbonyl (C=O) groups excluding carboxylic acids is 1. The van der Waals surface area contributed by atoms with E-state index in [1.165, 1.54) is 16.7 Å². The second kappa shape index (κ2) is 8.20. The van der Waals surface area contributed by atoms with E-state index in [1.807, 2.05) is 6.92 Å². The minimum Gasteiger partial charge on any atom is -0.496 e. The van der Waals surface area contributed by atoms with Gasteiger partial charge in [-0.25, -0.2) is 4.79 Å². The van der Waals surface area contributed by atoms with E-state index in [0.29, 0.717) is 6.61 Å². The zero-order chi connectivity index (χ0) is 16.8. The Morgan fingerprint density at radius 1 is 1.13 bits per heavy atom. The molecule has 1 saturated heterocycles. The molecule has 5 heteroatoms. The van der Waals surface area contributed by atoms with Crippen molar-refractivity contribution in [2.24, 2.45) is 0 Å². The van der Waals surface area contributed by atoms with Gasteiger partial charge in [0.2, 0.25) is 0 Å². The van der Waals surface area contributed by atoms with Crippen LogP contribution in [0.4, 0.5) is 4.79 Å². The standard InChI is InChI=1S/C18H28N2O3/c1-5-23-18(21)20-12-10-19(11-13-20)9-8-16-6-7-17(22-4)15(3)14(16)2/h6-7H,5,8-13H2,1-4H3. The van der Waals surface area contributed by atoms with Gasteiger partial charge < -0.3 is 14.4 Å². The second-order valence-corrected chi connectivity index (χ2v) is 5.95. The molecule has 1 aliphatic heterocycles. The van der Waals surface area contributed by atoms with Gasteiger partial charge in [0.25, 0.3) is 0 Å². The summed E-state index contributed by atoms with van der Waals surface area (Å²) in [7, 11) is 1.71. The average Bonchev–Trinajstić information content (AvgIpc) is 2.57. The molecule has 23 heavy (non-hydrogen) atoms. The summed E-state index contributed by atoms with van der Waals surface area (Å²) in [6.45, 7) is 10.9. The van der Waals surface area contributed by atoms with Crippen LogP contribution in [0.15, 0.2) is 12.1 Å². The predicted molar refractivity (Wildman–Crippen MR) is 91.2 cm³/mol. The molecule has 0 aromatic heterocycles. The summed E-state index contributed by atoms with van der Waals surface area (Å²) >= 11 is 0. The average molecular weight is 320 g/mol. The summed E-state index contributed by atoms with van der Waals surface area (Å²) in [6, 6.07) is 4.21. The quantitative estimate of drug-likeness (QED) is 0.836. The Hall–Kier alpha value is -1.75. The van der Waals surface area contributed by atoms with Crippen molar-refractivity contribution in [3.63, 3.8) is 0 Å². The first kappa shape index (κ1) is 17.6. The maximum absolute atomic E-state index is 11.7. The molecule has 1 aromatic rings. The van der Waals surface area contributed by atoms with Gasteiger partial charge in [-0.05, 0) is 49.9 Å². The molecule has 0 saturated carbocycles. The lowest BCUT2D eigenvalue weighted by atomic mass is 10.00. The highest BCUT2D eigenvalue weighted by Gasteiger charge is 2.21. The van der Waals surface area contributed by atoms with E-state index in [1.54, 1.807) is 12.0 Å². The Morgan fingerprint density at radius 2 is 1.83 bits per heavy atom. The van der Waals surface area contributed by atoms with Crippen LogP contribution in [0.2, 0.25) is 0 Å². The molecule has 1 fully saturated rings. The van der Waals surface area contributed by atoms with Crippen molar-refractivity contribution in [1.29, 1.82) is 0 Å². The zero-order valence-corrected chi connectivity index (χ0v) is 14.7. The fourth-order valence-corrected chi connectivity index (χ4v) is 2.99. The van der Waals surface area contributed by atoms with Gasteiger partial charge in [0.15, 0.2) is 0 Å². The molecule has 2 rings (SSSR count). The Labute approximate surface area is 139 Å². The maximum Gasteiger partial charge on any atom is 0.409 e. The Morgan fingerprint density at radius 3 is 2.43 bits per heavy atom. The Kier molecular flexibility index (Phi) is 6.28. The van der Waals surface area contributed by atoms with Gasteiger partial charge in [-0.15, -0.1) is 0 Å². The van der Waals surface area contributed by atoms with Crippen molar-refractivity contribution in [2.75, 3.05) is 46.4 Å². The molecule has 0 unspecified atom stereocenters. The Balaban J connectivity index is 1.84. The van der Waals surface area contributed by atoms with E-state index < -0.39 is 0 Å². The summed E-state index contributed by atoms with van der Waals surface area (Å²) in [4.78, 5) is 15.9. The molecular weight excluding hydrogens is 292 g/mol. The van der Waals surface area contributed by atoms with Crippen LogP contribution in [0.3, 0.4) is 0 Å². The molecule has 5 nitrogen and oxygen atoms in total. The first-order valence-electron chi connectivity index (χ1n) is 8.34. The molecular formula is C18H28N2O3. The molecule has 0 aliphatic carbocycles. The summed E-state index contributed by atoms with van der Waals surface area (Å²) < 4.78 is 10.4. The van der Waals surface area contributed by atoms with Crippen LogP contribution in [-0.4, -0.2) is 62.3 Å². The molecule has 1 heterocycles. The second-order valence-electron chi connectivity index (χ2n) is 5.95. The molecule has 0 bridgehead atoms. The molecule has 0 spiro atoms. The maximum atomic E-state index is 11.7. The molecule has 1 amide bonds. The first-order valence-corrected chi connectivity index (χ1v) is 8.34. The topological polar surface area (TPSA) is 42.0 Å². The van der Waals surface area contributed by atoms with Crippen LogP contribution in [0.25, 0.3) is 0 Å². The highest BCUT2D eigenvalue weighted by Crippen LogP contribution is 2.24. The van der Waals surface area contributed by atoms with Gasteiger partial charge in [0.1, 0.15) is 5.75 Å². The number of ether oxygens (including phenoxy) is 2. The number of benzene rings is 1. The van der Waals surface area contributed by atoms with Crippen LogP contribution < -0.4 is 4.74 Å². The summed E-state index contributed by atoms with van der Waals surface area (Å²) in [5.41, 5.74) is 3.91. The number of methoxy groups -OCH3 is 1. The molecule has 0 atom stereocenters. The number of nitrogens with zero attached hydrogens (tertiary/aromatic N) is 2. The van der Waals surface area contributed by atoms with Crippen molar-refractivity contribution >= 4 is 6.09 Å². The number of hydrogen-bond acceptors (Lipinski definition) is 4. The molecule has 0 N–H and O–H groups in total. The highest BCUT2D eigenvalue weighted by molar-refractivity contribution is 5.67. The molecule has 1 aromatic carbocycles. The van der Waals surface area contributed by atoms with Crippen LogP contribution in [0.1, 0.15) is 23.6 Å². The van der Waals surface area contributed by atoms with E-state index >= 15 is 0 Å². The smallest absolute Gasteiger partial charge is 0.409 e. The van der Waals surface area contributed by atoms with E-state index in [4.69, 9.17) is 9.47 Å². The van der Waals surface area contributed by atoms with E-state index in [9.17, 15) is 4.79 Å². The van der Waals surface area contributed by atoms with Crippen molar-refractivity contribution in [3.05, 3.63) is 28.8 Å². The van der Waals surface area contributed by atoms with Crippen LogP contribution >= 0.6 is 0 Å². The third-order valence-corrected chi connectivity index (χ3v) is 4.67. The van der Waals surface area contributed by atoms with Crippen molar-refractivity contribution in [3.8, 4) is 5.75 Å². The Bertz CT molecular complexity index is 537. The predicted octanol–water partition coefficient (Wildman–Crippen LogP) is 2.63. The minimum absolute atomic E-state index is 0.186. The third-order valence-electron chi connectivity index (χ3n) is 4.67. The van der Waals surface area contributed by atoms with Crippen LogP contribution in [-0.2, 0) is 11.2 Å². The molecule has 128 valence electrons. The lowest BCUT2D eigenvalue weighted by Gasteiger charge is -2.34. The largest absolute Gasteiger partial charge is 0.496 e. The van der Waals surface area contributed by atoms with Crippen molar-refractivity contribution in [1.82, 2.24) is 9.80 Å². The lowest BCUT2D eigenvalue weighted by Crippen LogP contribution is -2.49. The molecule has 1 aliphatic rings. The highest BCUT2D eigenvalue weighted by atomic mass is 16.6. The van der Waals surface area contributed by atoms with Crippen molar-refractivity contribution in [2.45, 2.75) is 27.2 Å². The van der Waals surface area contributed by atoms with Gasteiger partial charge in [-0.3, -0.25) is 4.90 Å². The number of rotatable bonds is 5.